The molecule has 0 atom stereocenters. The molecule has 0 aliphatic carbocycles. The predicted octanol–water partition coefficient (Wildman–Crippen LogP) is 5.72. The zero-order chi connectivity index (χ0) is 22.6. The Morgan fingerprint density at radius 1 is 0.938 bits per heavy atom. The van der Waals surface area contributed by atoms with E-state index in [0.29, 0.717) is 28.7 Å². The van der Waals surface area contributed by atoms with Gasteiger partial charge in [0.05, 0.1) is 11.3 Å². The smallest absolute Gasteiger partial charge is 0.262 e. The molecule has 162 valence electrons. The first-order valence-electron chi connectivity index (χ1n) is 10.4. The van der Waals surface area contributed by atoms with Gasteiger partial charge in [-0.1, -0.05) is 80.5 Å². The first kappa shape index (κ1) is 21.3. The number of hydrogen-bond donors (Lipinski definition) is 1. The van der Waals surface area contributed by atoms with Crippen molar-refractivity contribution in [3.8, 4) is 28.6 Å². The highest BCUT2D eigenvalue weighted by Gasteiger charge is 2.16. The molecule has 1 N–H and O–H groups in total. The summed E-state index contributed by atoms with van der Waals surface area (Å²) in [7, 11) is 0. The lowest BCUT2D eigenvalue weighted by Gasteiger charge is -2.19. The van der Waals surface area contributed by atoms with Crippen LogP contribution in [0.25, 0.3) is 22.8 Å². The molecule has 1 aromatic heterocycles. The van der Waals surface area contributed by atoms with Gasteiger partial charge in [-0.25, -0.2) is 0 Å². The van der Waals surface area contributed by atoms with Crippen molar-refractivity contribution in [1.29, 1.82) is 0 Å². The number of carbonyl (C=O) groups is 1. The van der Waals surface area contributed by atoms with Gasteiger partial charge in [0.15, 0.2) is 6.61 Å². The maximum absolute atomic E-state index is 12.5. The van der Waals surface area contributed by atoms with Gasteiger partial charge in [-0.15, -0.1) is 0 Å². The molecule has 32 heavy (non-hydrogen) atoms. The van der Waals surface area contributed by atoms with E-state index in [1.54, 1.807) is 6.07 Å². The second-order valence-electron chi connectivity index (χ2n) is 8.45. The number of carbonyl (C=O) groups excluding carboxylic acids is 1. The quantitative estimate of drug-likeness (QED) is 0.426. The Hall–Kier alpha value is -3.93. The fourth-order valence-electron chi connectivity index (χ4n) is 3.20. The third-order valence-corrected chi connectivity index (χ3v) is 4.98. The number of rotatable bonds is 6. The molecule has 4 aromatic rings. The second-order valence-corrected chi connectivity index (χ2v) is 8.45. The summed E-state index contributed by atoms with van der Waals surface area (Å²) in [5.41, 5.74) is 3.35. The van der Waals surface area contributed by atoms with Crippen molar-refractivity contribution in [3.63, 3.8) is 0 Å². The summed E-state index contributed by atoms with van der Waals surface area (Å²) in [6, 6.07) is 24.7. The molecule has 6 heteroatoms. The zero-order valence-corrected chi connectivity index (χ0v) is 18.3. The summed E-state index contributed by atoms with van der Waals surface area (Å²) >= 11 is 0. The van der Waals surface area contributed by atoms with Gasteiger partial charge >= 0.3 is 0 Å². The number of hydrogen-bond acceptors (Lipinski definition) is 5. The average molecular weight is 428 g/mol. The van der Waals surface area contributed by atoms with Gasteiger partial charge in [0.1, 0.15) is 5.75 Å². The van der Waals surface area contributed by atoms with Crippen LogP contribution >= 0.6 is 0 Å². The van der Waals surface area contributed by atoms with Crippen molar-refractivity contribution in [3.05, 3.63) is 84.4 Å². The van der Waals surface area contributed by atoms with Crippen LogP contribution in [0.5, 0.6) is 5.75 Å². The fourth-order valence-corrected chi connectivity index (χ4v) is 3.20. The molecule has 0 bridgehead atoms. The molecule has 1 amide bonds. The standard InChI is InChI=1S/C26H25N3O3/c1-26(2,3)19-13-15-20(16-14-19)31-17-23(30)27-22-12-8-7-11-21(22)25-28-24(29-32-25)18-9-5-4-6-10-18/h4-16H,17H2,1-3H3,(H,27,30). The molecule has 1 heterocycles. The molecule has 4 rings (SSSR count). The van der Waals surface area contributed by atoms with E-state index in [4.69, 9.17) is 9.26 Å². The lowest BCUT2D eigenvalue weighted by Crippen LogP contribution is -2.20. The van der Waals surface area contributed by atoms with E-state index in [9.17, 15) is 4.79 Å². The molecular formula is C26H25N3O3. The number of ether oxygens (including phenoxy) is 1. The highest BCUT2D eigenvalue weighted by Crippen LogP contribution is 2.28. The lowest BCUT2D eigenvalue weighted by atomic mass is 9.87. The van der Waals surface area contributed by atoms with Gasteiger partial charge < -0.3 is 14.6 Å². The highest BCUT2D eigenvalue weighted by atomic mass is 16.5. The average Bonchev–Trinajstić information content (AvgIpc) is 3.28. The largest absolute Gasteiger partial charge is 0.484 e. The molecule has 0 unspecified atom stereocenters. The summed E-state index contributed by atoms with van der Waals surface area (Å²) in [5.74, 6) is 1.19. The van der Waals surface area contributed by atoms with E-state index in [1.165, 1.54) is 5.56 Å². The zero-order valence-electron chi connectivity index (χ0n) is 18.3. The normalized spacial score (nSPS) is 11.2. The van der Waals surface area contributed by atoms with E-state index >= 15 is 0 Å². The van der Waals surface area contributed by atoms with Gasteiger partial charge in [0.2, 0.25) is 5.82 Å². The molecule has 0 fully saturated rings. The molecule has 0 spiro atoms. The summed E-state index contributed by atoms with van der Waals surface area (Å²) in [6.07, 6.45) is 0. The Morgan fingerprint density at radius 3 is 2.34 bits per heavy atom. The Morgan fingerprint density at radius 2 is 1.62 bits per heavy atom. The molecule has 0 aliphatic heterocycles. The maximum atomic E-state index is 12.5. The van der Waals surface area contributed by atoms with Crippen LogP contribution in [0, 0.1) is 0 Å². The maximum Gasteiger partial charge on any atom is 0.262 e. The van der Waals surface area contributed by atoms with E-state index < -0.39 is 0 Å². The third-order valence-electron chi connectivity index (χ3n) is 4.98. The Bertz CT molecular complexity index is 1190. The van der Waals surface area contributed by atoms with Crippen molar-refractivity contribution in [1.82, 2.24) is 10.1 Å². The lowest BCUT2D eigenvalue weighted by molar-refractivity contribution is -0.118. The first-order valence-corrected chi connectivity index (χ1v) is 10.4. The van der Waals surface area contributed by atoms with Crippen LogP contribution in [0.1, 0.15) is 26.3 Å². The van der Waals surface area contributed by atoms with Crippen LogP contribution in [0.4, 0.5) is 5.69 Å². The number of anilines is 1. The number of nitrogens with one attached hydrogen (secondary N) is 1. The third kappa shape index (κ3) is 5.03. The van der Waals surface area contributed by atoms with Crippen molar-refractivity contribution in [2.24, 2.45) is 0 Å². The molecule has 0 saturated carbocycles. The summed E-state index contributed by atoms with van der Waals surface area (Å²) < 4.78 is 11.1. The number of benzene rings is 3. The van der Waals surface area contributed by atoms with E-state index in [0.717, 1.165) is 5.56 Å². The highest BCUT2D eigenvalue weighted by molar-refractivity contribution is 5.95. The van der Waals surface area contributed by atoms with E-state index in [-0.39, 0.29) is 17.9 Å². The Balaban J connectivity index is 1.43. The van der Waals surface area contributed by atoms with Crippen LogP contribution in [0.3, 0.4) is 0 Å². The van der Waals surface area contributed by atoms with E-state index in [1.807, 2.05) is 72.8 Å². The van der Waals surface area contributed by atoms with Gasteiger partial charge in [-0.2, -0.15) is 4.98 Å². The Kier molecular flexibility index (Phi) is 6.03. The fraction of sp³-hybridized carbons (Fsp3) is 0.192. The van der Waals surface area contributed by atoms with Crippen LogP contribution in [-0.2, 0) is 10.2 Å². The number of nitrogens with zero attached hydrogens (tertiary/aromatic N) is 2. The minimum Gasteiger partial charge on any atom is -0.484 e. The molecule has 0 radical (unpaired) electrons. The monoisotopic (exact) mass is 427 g/mol. The summed E-state index contributed by atoms with van der Waals surface area (Å²) in [5, 5.41) is 6.93. The number of amides is 1. The predicted molar refractivity (Wildman–Crippen MR) is 124 cm³/mol. The molecule has 3 aromatic carbocycles. The second kappa shape index (κ2) is 9.06. The van der Waals surface area contributed by atoms with Crippen LogP contribution in [0.2, 0.25) is 0 Å². The van der Waals surface area contributed by atoms with Gasteiger partial charge in [-0.3, -0.25) is 4.79 Å². The van der Waals surface area contributed by atoms with Crippen LogP contribution in [0.15, 0.2) is 83.4 Å². The summed E-state index contributed by atoms with van der Waals surface area (Å²) in [6.45, 7) is 6.35. The van der Waals surface area contributed by atoms with Crippen molar-refractivity contribution >= 4 is 11.6 Å². The number of para-hydroxylation sites is 1. The van der Waals surface area contributed by atoms with Crippen molar-refractivity contribution in [2.75, 3.05) is 11.9 Å². The van der Waals surface area contributed by atoms with Crippen molar-refractivity contribution < 1.29 is 14.1 Å². The molecule has 6 nitrogen and oxygen atoms in total. The van der Waals surface area contributed by atoms with Crippen molar-refractivity contribution in [2.45, 2.75) is 26.2 Å². The molecule has 0 aliphatic rings. The van der Waals surface area contributed by atoms with Gasteiger partial charge in [0, 0.05) is 5.56 Å². The topological polar surface area (TPSA) is 77.2 Å². The van der Waals surface area contributed by atoms with Gasteiger partial charge in [0.25, 0.3) is 11.8 Å². The van der Waals surface area contributed by atoms with E-state index in [2.05, 4.69) is 36.2 Å². The Labute approximate surface area is 187 Å². The molecular weight excluding hydrogens is 402 g/mol. The first-order chi connectivity index (χ1) is 15.4. The summed E-state index contributed by atoms with van der Waals surface area (Å²) in [4.78, 5) is 17.0. The SMILES string of the molecule is CC(C)(C)c1ccc(OCC(=O)Nc2ccccc2-c2nc(-c3ccccc3)no2)cc1. The molecule has 0 saturated heterocycles. The minimum absolute atomic E-state index is 0.0642. The number of aromatic nitrogens is 2. The van der Waals surface area contributed by atoms with Gasteiger partial charge in [-0.05, 0) is 35.2 Å². The van der Waals surface area contributed by atoms with Crippen LogP contribution in [-0.4, -0.2) is 22.7 Å². The minimum atomic E-state index is -0.278. The van der Waals surface area contributed by atoms with Crippen LogP contribution < -0.4 is 10.1 Å².